The zero-order chi connectivity index (χ0) is 11.4. The Labute approximate surface area is 104 Å². The largest absolute Gasteiger partial charge is 0.309 e. The molecule has 0 saturated heterocycles. The van der Waals surface area contributed by atoms with Crippen molar-refractivity contribution in [2.24, 2.45) is 0 Å². The summed E-state index contributed by atoms with van der Waals surface area (Å²) in [6.07, 6.45) is 4.82. The second-order valence-corrected chi connectivity index (χ2v) is 5.88. The summed E-state index contributed by atoms with van der Waals surface area (Å²) in [4.78, 5) is 9.83. The molecule has 2 aromatic heterocycles. The molecular formula is C11H15N3S2. The van der Waals surface area contributed by atoms with Crippen molar-refractivity contribution in [2.45, 2.75) is 26.3 Å². The zero-order valence-electron chi connectivity index (χ0n) is 9.43. The van der Waals surface area contributed by atoms with Crippen LogP contribution < -0.4 is 5.32 Å². The lowest BCUT2D eigenvalue weighted by molar-refractivity contribution is 0.583. The average molecular weight is 253 g/mol. The Morgan fingerprint density at radius 2 is 2.31 bits per heavy atom. The Kier molecular flexibility index (Phi) is 4.04. The van der Waals surface area contributed by atoms with E-state index >= 15 is 0 Å². The molecular weight excluding hydrogens is 238 g/mol. The van der Waals surface area contributed by atoms with E-state index in [1.165, 1.54) is 9.88 Å². The van der Waals surface area contributed by atoms with Crippen LogP contribution in [0.5, 0.6) is 0 Å². The van der Waals surface area contributed by atoms with Crippen molar-refractivity contribution >= 4 is 22.7 Å². The molecule has 0 fully saturated rings. The summed E-state index contributed by atoms with van der Waals surface area (Å²) in [5.74, 6) is 0. The van der Waals surface area contributed by atoms with Gasteiger partial charge in [0.05, 0.1) is 10.0 Å². The number of rotatable bonds is 5. The van der Waals surface area contributed by atoms with Crippen LogP contribution in [0.25, 0.3) is 0 Å². The van der Waals surface area contributed by atoms with Crippen molar-refractivity contribution in [3.63, 3.8) is 0 Å². The highest BCUT2D eigenvalue weighted by atomic mass is 32.1. The highest BCUT2D eigenvalue weighted by molar-refractivity contribution is 7.11. The van der Waals surface area contributed by atoms with Gasteiger partial charge in [0.2, 0.25) is 0 Å². The maximum absolute atomic E-state index is 4.26. The van der Waals surface area contributed by atoms with Crippen LogP contribution in [0, 0.1) is 6.92 Å². The molecule has 16 heavy (non-hydrogen) atoms. The molecule has 3 nitrogen and oxygen atoms in total. The summed E-state index contributed by atoms with van der Waals surface area (Å²) >= 11 is 3.47. The van der Waals surface area contributed by atoms with E-state index < -0.39 is 0 Å². The van der Waals surface area contributed by atoms with Crippen molar-refractivity contribution in [1.29, 1.82) is 0 Å². The average Bonchev–Trinajstić information content (AvgIpc) is 2.89. The van der Waals surface area contributed by atoms with Crippen LogP contribution in [-0.4, -0.2) is 16.5 Å². The molecule has 0 bridgehead atoms. The quantitative estimate of drug-likeness (QED) is 0.890. The van der Waals surface area contributed by atoms with E-state index in [1.807, 2.05) is 24.7 Å². The second kappa shape index (κ2) is 5.52. The fraction of sp³-hybridized carbons (Fsp3) is 0.455. The summed E-state index contributed by atoms with van der Waals surface area (Å²) in [7, 11) is 0. The van der Waals surface area contributed by atoms with Gasteiger partial charge >= 0.3 is 0 Å². The normalized spacial score (nSPS) is 12.9. The first-order chi connectivity index (χ1) is 7.75. The first-order valence-electron chi connectivity index (χ1n) is 5.30. The number of aryl methyl sites for hydroxylation is 1. The molecule has 0 saturated carbocycles. The Bertz CT molecular complexity index is 422. The first kappa shape index (κ1) is 11.7. The van der Waals surface area contributed by atoms with Crippen LogP contribution >= 0.6 is 22.7 Å². The van der Waals surface area contributed by atoms with Gasteiger partial charge in [-0.15, -0.1) is 22.7 Å². The number of thiazole rings is 2. The van der Waals surface area contributed by atoms with Gasteiger partial charge < -0.3 is 5.32 Å². The smallest absolute Gasteiger partial charge is 0.0937 e. The van der Waals surface area contributed by atoms with Crippen molar-refractivity contribution in [2.75, 3.05) is 6.54 Å². The Morgan fingerprint density at radius 1 is 1.44 bits per heavy atom. The van der Waals surface area contributed by atoms with Crippen molar-refractivity contribution < 1.29 is 0 Å². The Morgan fingerprint density at radius 3 is 2.94 bits per heavy atom. The number of aromatic nitrogens is 2. The lowest BCUT2D eigenvalue weighted by Gasteiger charge is -2.10. The van der Waals surface area contributed by atoms with Crippen LogP contribution in [0.15, 0.2) is 17.8 Å². The molecule has 2 rings (SSSR count). The number of nitrogens with one attached hydrogen (secondary N) is 1. The highest BCUT2D eigenvalue weighted by Crippen LogP contribution is 2.19. The summed E-state index contributed by atoms with van der Waals surface area (Å²) < 4.78 is 0. The maximum Gasteiger partial charge on any atom is 0.0937 e. The van der Waals surface area contributed by atoms with Gasteiger partial charge in [0, 0.05) is 41.7 Å². The minimum absolute atomic E-state index is 0.381. The molecule has 0 aliphatic rings. The van der Waals surface area contributed by atoms with Gasteiger partial charge in [0.15, 0.2) is 0 Å². The van der Waals surface area contributed by atoms with E-state index in [0.29, 0.717) is 6.04 Å². The van der Waals surface area contributed by atoms with Gasteiger partial charge in [-0.25, -0.2) is 9.97 Å². The monoisotopic (exact) mass is 253 g/mol. The summed E-state index contributed by atoms with van der Waals surface area (Å²) in [6, 6.07) is 0.381. The van der Waals surface area contributed by atoms with Gasteiger partial charge in [0.1, 0.15) is 0 Å². The van der Waals surface area contributed by atoms with Crippen LogP contribution in [0.4, 0.5) is 0 Å². The molecule has 5 heteroatoms. The predicted octanol–water partition coefficient (Wildman–Crippen LogP) is 2.80. The lowest BCUT2D eigenvalue weighted by Crippen LogP contribution is -2.20. The van der Waals surface area contributed by atoms with E-state index in [4.69, 9.17) is 0 Å². The van der Waals surface area contributed by atoms with Crippen LogP contribution in [0.1, 0.15) is 27.9 Å². The molecule has 1 atom stereocenters. The SMILES string of the molecule is Cc1ncc(C(C)NCCc2nccs2)s1. The Hall–Kier alpha value is -0.780. The third kappa shape index (κ3) is 3.10. The third-order valence-electron chi connectivity index (χ3n) is 2.34. The van der Waals surface area contributed by atoms with Gasteiger partial charge in [-0.05, 0) is 13.8 Å². The molecule has 1 N–H and O–H groups in total. The number of nitrogens with zero attached hydrogens (tertiary/aromatic N) is 2. The zero-order valence-corrected chi connectivity index (χ0v) is 11.1. The fourth-order valence-electron chi connectivity index (χ4n) is 1.45. The van der Waals surface area contributed by atoms with Gasteiger partial charge in [0.25, 0.3) is 0 Å². The van der Waals surface area contributed by atoms with E-state index in [9.17, 15) is 0 Å². The molecule has 86 valence electrons. The first-order valence-corrected chi connectivity index (χ1v) is 6.99. The molecule has 0 aliphatic carbocycles. The van der Waals surface area contributed by atoms with Crippen LogP contribution in [0.2, 0.25) is 0 Å². The molecule has 2 aromatic rings. The van der Waals surface area contributed by atoms with Crippen LogP contribution in [-0.2, 0) is 6.42 Å². The maximum atomic E-state index is 4.26. The minimum atomic E-state index is 0.381. The van der Waals surface area contributed by atoms with E-state index in [2.05, 4.69) is 22.2 Å². The topological polar surface area (TPSA) is 37.8 Å². The van der Waals surface area contributed by atoms with Crippen molar-refractivity contribution in [1.82, 2.24) is 15.3 Å². The van der Waals surface area contributed by atoms with Gasteiger partial charge in [-0.3, -0.25) is 0 Å². The summed E-state index contributed by atoms with van der Waals surface area (Å²) in [5.41, 5.74) is 0. The Balaban J connectivity index is 1.78. The molecule has 0 amide bonds. The fourth-order valence-corrected chi connectivity index (χ4v) is 2.88. The highest BCUT2D eigenvalue weighted by Gasteiger charge is 2.07. The van der Waals surface area contributed by atoms with Crippen molar-refractivity contribution in [3.05, 3.63) is 32.7 Å². The van der Waals surface area contributed by atoms with Crippen molar-refractivity contribution in [3.8, 4) is 0 Å². The molecule has 0 radical (unpaired) electrons. The lowest BCUT2D eigenvalue weighted by atomic mass is 10.3. The molecule has 0 aliphatic heterocycles. The van der Waals surface area contributed by atoms with Gasteiger partial charge in [-0.2, -0.15) is 0 Å². The summed E-state index contributed by atoms with van der Waals surface area (Å²) in [5, 5.41) is 7.83. The molecule has 0 aromatic carbocycles. The van der Waals surface area contributed by atoms with Gasteiger partial charge in [-0.1, -0.05) is 0 Å². The second-order valence-electron chi connectivity index (χ2n) is 3.63. The number of hydrogen-bond acceptors (Lipinski definition) is 5. The van der Waals surface area contributed by atoms with E-state index in [-0.39, 0.29) is 0 Å². The third-order valence-corrected chi connectivity index (χ3v) is 4.27. The van der Waals surface area contributed by atoms with Crippen LogP contribution in [0.3, 0.4) is 0 Å². The standard InChI is InChI=1S/C11H15N3S2/c1-8(10-7-14-9(2)16-10)12-4-3-11-13-5-6-15-11/h5-8,12H,3-4H2,1-2H3. The minimum Gasteiger partial charge on any atom is -0.309 e. The summed E-state index contributed by atoms with van der Waals surface area (Å²) in [6.45, 7) is 5.18. The van der Waals surface area contributed by atoms with E-state index in [0.717, 1.165) is 18.0 Å². The molecule has 1 unspecified atom stereocenters. The van der Waals surface area contributed by atoms with E-state index in [1.54, 1.807) is 22.7 Å². The predicted molar refractivity (Wildman–Crippen MR) is 69.1 cm³/mol. The molecule has 0 spiro atoms. The number of hydrogen-bond donors (Lipinski definition) is 1. The molecule has 2 heterocycles.